The molecular weight excluding hydrogens is 162 g/mol. The summed E-state index contributed by atoms with van der Waals surface area (Å²) in [6.07, 6.45) is 0.370. The SMILES string of the molecule is CC(C)C#CCN1CCOC(C)C1. The molecule has 0 amide bonds. The maximum absolute atomic E-state index is 5.45. The van der Waals surface area contributed by atoms with E-state index in [0.29, 0.717) is 12.0 Å². The average molecular weight is 181 g/mol. The summed E-state index contributed by atoms with van der Waals surface area (Å²) >= 11 is 0. The van der Waals surface area contributed by atoms with Gasteiger partial charge in [0, 0.05) is 19.0 Å². The Kier molecular flexibility index (Phi) is 4.27. The van der Waals surface area contributed by atoms with Crippen LogP contribution in [0.25, 0.3) is 0 Å². The molecule has 1 fully saturated rings. The van der Waals surface area contributed by atoms with Gasteiger partial charge < -0.3 is 4.74 Å². The molecule has 1 heterocycles. The van der Waals surface area contributed by atoms with Gasteiger partial charge in [0.15, 0.2) is 0 Å². The molecule has 0 aliphatic carbocycles. The largest absolute Gasteiger partial charge is 0.376 e. The maximum Gasteiger partial charge on any atom is 0.0674 e. The number of morpholine rings is 1. The van der Waals surface area contributed by atoms with E-state index in [-0.39, 0.29) is 0 Å². The van der Waals surface area contributed by atoms with E-state index in [0.717, 1.165) is 26.2 Å². The van der Waals surface area contributed by atoms with Gasteiger partial charge >= 0.3 is 0 Å². The van der Waals surface area contributed by atoms with Gasteiger partial charge in [0.25, 0.3) is 0 Å². The number of hydrogen-bond donors (Lipinski definition) is 0. The summed E-state index contributed by atoms with van der Waals surface area (Å²) < 4.78 is 5.45. The summed E-state index contributed by atoms with van der Waals surface area (Å²) in [6, 6.07) is 0. The maximum atomic E-state index is 5.45. The predicted molar refractivity (Wildman–Crippen MR) is 54.5 cm³/mol. The highest BCUT2D eigenvalue weighted by Gasteiger charge is 2.14. The van der Waals surface area contributed by atoms with Crippen molar-refractivity contribution in [3.63, 3.8) is 0 Å². The van der Waals surface area contributed by atoms with E-state index in [9.17, 15) is 0 Å². The van der Waals surface area contributed by atoms with Gasteiger partial charge in [0.05, 0.1) is 19.3 Å². The van der Waals surface area contributed by atoms with Crippen LogP contribution in [0.15, 0.2) is 0 Å². The van der Waals surface area contributed by atoms with Crippen LogP contribution in [-0.4, -0.2) is 37.2 Å². The molecule has 1 rings (SSSR count). The molecule has 0 aromatic carbocycles. The zero-order valence-electron chi connectivity index (χ0n) is 8.84. The molecule has 0 aromatic heterocycles. The summed E-state index contributed by atoms with van der Waals surface area (Å²) in [5.41, 5.74) is 0. The summed E-state index contributed by atoms with van der Waals surface area (Å²) in [5.74, 6) is 6.86. The van der Waals surface area contributed by atoms with Crippen LogP contribution in [0, 0.1) is 17.8 Å². The molecule has 0 spiro atoms. The van der Waals surface area contributed by atoms with Gasteiger partial charge in [-0.05, 0) is 6.92 Å². The summed E-state index contributed by atoms with van der Waals surface area (Å²) in [6.45, 7) is 10.1. The molecule has 0 saturated carbocycles. The van der Waals surface area contributed by atoms with Crippen molar-refractivity contribution >= 4 is 0 Å². The molecule has 13 heavy (non-hydrogen) atoms. The molecular formula is C11H19NO. The van der Waals surface area contributed by atoms with Crippen molar-refractivity contribution in [2.24, 2.45) is 5.92 Å². The van der Waals surface area contributed by atoms with Gasteiger partial charge in [-0.1, -0.05) is 25.7 Å². The molecule has 0 bridgehead atoms. The van der Waals surface area contributed by atoms with E-state index in [1.165, 1.54) is 0 Å². The Balaban J connectivity index is 2.25. The summed E-state index contributed by atoms with van der Waals surface area (Å²) in [5, 5.41) is 0. The predicted octanol–water partition coefficient (Wildman–Crippen LogP) is 1.37. The van der Waals surface area contributed by atoms with Gasteiger partial charge in [-0.15, -0.1) is 0 Å². The third-order valence-corrected chi connectivity index (χ3v) is 2.02. The van der Waals surface area contributed by atoms with E-state index in [2.05, 4.69) is 37.5 Å². The first-order valence-corrected chi connectivity index (χ1v) is 5.01. The first-order valence-electron chi connectivity index (χ1n) is 5.01. The highest BCUT2D eigenvalue weighted by Crippen LogP contribution is 2.02. The van der Waals surface area contributed by atoms with Crippen LogP contribution in [-0.2, 0) is 4.74 Å². The van der Waals surface area contributed by atoms with Crippen LogP contribution in [0.4, 0.5) is 0 Å². The Labute approximate surface area is 81.3 Å². The third kappa shape index (κ3) is 4.31. The smallest absolute Gasteiger partial charge is 0.0674 e. The second-order valence-electron chi connectivity index (χ2n) is 3.89. The van der Waals surface area contributed by atoms with E-state index < -0.39 is 0 Å². The minimum absolute atomic E-state index is 0.370. The second kappa shape index (κ2) is 5.26. The van der Waals surface area contributed by atoms with Crippen molar-refractivity contribution in [1.82, 2.24) is 4.90 Å². The van der Waals surface area contributed by atoms with Crippen LogP contribution < -0.4 is 0 Å². The molecule has 0 radical (unpaired) electrons. The molecule has 2 nitrogen and oxygen atoms in total. The average Bonchev–Trinajstić information content (AvgIpc) is 2.03. The molecule has 1 aliphatic heterocycles. The van der Waals surface area contributed by atoms with Crippen molar-refractivity contribution in [2.45, 2.75) is 26.9 Å². The summed E-state index contributed by atoms with van der Waals surface area (Å²) in [7, 11) is 0. The van der Waals surface area contributed by atoms with Gasteiger partial charge in [0.2, 0.25) is 0 Å². The fourth-order valence-electron chi connectivity index (χ4n) is 1.40. The Morgan fingerprint density at radius 2 is 2.31 bits per heavy atom. The minimum atomic E-state index is 0.370. The topological polar surface area (TPSA) is 12.5 Å². The molecule has 1 saturated heterocycles. The Morgan fingerprint density at radius 1 is 1.54 bits per heavy atom. The van der Waals surface area contributed by atoms with Crippen LogP contribution in [0.3, 0.4) is 0 Å². The van der Waals surface area contributed by atoms with Crippen LogP contribution in [0.1, 0.15) is 20.8 Å². The Morgan fingerprint density at radius 3 is 2.92 bits per heavy atom. The quantitative estimate of drug-likeness (QED) is 0.566. The lowest BCUT2D eigenvalue weighted by atomic mass is 10.2. The van der Waals surface area contributed by atoms with Crippen molar-refractivity contribution in [3.8, 4) is 11.8 Å². The lowest BCUT2D eigenvalue weighted by Gasteiger charge is -2.29. The fraction of sp³-hybridized carbons (Fsp3) is 0.818. The highest BCUT2D eigenvalue weighted by molar-refractivity contribution is 5.03. The number of hydrogen-bond acceptors (Lipinski definition) is 2. The van der Waals surface area contributed by atoms with Gasteiger partial charge in [-0.25, -0.2) is 0 Å². The van der Waals surface area contributed by atoms with Crippen molar-refractivity contribution < 1.29 is 4.74 Å². The Hall–Kier alpha value is -0.520. The number of ether oxygens (including phenoxy) is 1. The molecule has 2 heteroatoms. The van der Waals surface area contributed by atoms with Crippen LogP contribution in [0.2, 0.25) is 0 Å². The monoisotopic (exact) mass is 181 g/mol. The molecule has 0 N–H and O–H groups in total. The zero-order valence-corrected chi connectivity index (χ0v) is 8.84. The lowest BCUT2D eigenvalue weighted by Crippen LogP contribution is -2.41. The summed E-state index contributed by atoms with van der Waals surface area (Å²) in [4.78, 5) is 2.35. The van der Waals surface area contributed by atoms with E-state index >= 15 is 0 Å². The first kappa shape index (κ1) is 10.6. The van der Waals surface area contributed by atoms with E-state index in [1.807, 2.05) is 0 Å². The van der Waals surface area contributed by atoms with Crippen LogP contribution >= 0.6 is 0 Å². The van der Waals surface area contributed by atoms with Crippen molar-refractivity contribution in [2.75, 3.05) is 26.2 Å². The molecule has 1 atom stereocenters. The third-order valence-electron chi connectivity index (χ3n) is 2.02. The molecule has 1 unspecified atom stereocenters. The zero-order chi connectivity index (χ0) is 9.68. The highest BCUT2D eigenvalue weighted by atomic mass is 16.5. The van der Waals surface area contributed by atoms with Gasteiger partial charge in [-0.2, -0.15) is 0 Å². The van der Waals surface area contributed by atoms with Crippen molar-refractivity contribution in [3.05, 3.63) is 0 Å². The Bertz CT molecular complexity index is 202. The standard InChI is InChI=1S/C11H19NO/c1-10(2)5-4-6-12-7-8-13-11(3)9-12/h10-11H,6-9H2,1-3H3. The fourth-order valence-corrected chi connectivity index (χ4v) is 1.40. The molecule has 0 aromatic rings. The van der Waals surface area contributed by atoms with Crippen LogP contribution in [0.5, 0.6) is 0 Å². The van der Waals surface area contributed by atoms with E-state index in [4.69, 9.17) is 4.74 Å². The minimum Gasteiger partial charge on any atom is -0.376 e. The van der Waals surface area contributed by atoms with E-state index in [1.54, 1.807) is 0 Å². The molecule has 1 aliphatic rings. The second-order valence-corrected chi connectivity index (χ2v) is 3.89. The molecule has 74 valence electrons. The lowest BCUT2D eigenvalue weighted by molar-refractivity contribution is -0.0133. The number of nitrogens with zero attached hydrogens (tertiary/aromatic N) is 1. The number of rotatable bonds is 1. The van der Waals surface area contributed by atoms with Gasteiger partial charge in [0.1, 0.15) is 0 Å². The van der Waals surface area contributed by atoms with Gasteiger partial charge in [-0.3, -0.25) is 4.90 Å². The normalized spacial score (nSPS) is 24.2. The van der Waals surface area contributed by atoms with Crippen molar-refractivity contribution in [1.29, 1.82) is 0 Å². The first-order chi connectivity index (χ1) is 6.18.